The van der Waals surface area contributed by atoms with Crippen LogP contribution in [0.1, 0.15) is 17.2 Å². The lowest BCUT2D eigenvalue weighted by Crippen LogP contribution is -2.37. The fraction of sp³-hybridized carbons (Fsp3) is 0.160. The van der Waals surface area contributed by atoms with E-state index >= 15 is 0 Å². The summed E-state index contributed by atoms with van der Waals surface area (Å²) >= 11 is 0. The third-order valence-corrected chi connectivity index (χ3v) is 5.84. The molecule has 0 bridgehead atoms. The van der Waals surface area contributed by atoms with Crippen molar-refractivity contribution in [3.63, 3.8) is 0 Å². The number of hydrogen-bond acceptors (Lipinski definition) is 6. The van der Waals surface area contributed by atoms with Crippen LogP contribution < -0.4 is 14.7 Å². The normalized spacial score (nSPS) is 22.1. The summed E-state index contributed by atoms with van der Waals surface area (Å²) in [6, 6.07) is 24.8. The molecule has 158 valence electrons. The van der Waals surface area contributed by atoms with Crippen molar-refractivity contribution in [2.45, 2.75) is 12.1 Å². The number of rotatable bonds is 4. The summed E-state index contributed by atoms with van der Waals surface area (Å²) in [5.74, 6) is -0.763. The van der Waals surface area contributed by atoms with Gasteiger partial charge < -0.3 is 4.74 Å². The minimum Gasteiger partial charge on any atom is -0.497 e. The summed E-state index contributed by atoms with van der Waals surface area (Å²) < 4.78 is 5.26. The van der Waals surface area contributed by atoms with Gasteiger partial charge in [-0.3, -0.25) is 14.4 Å². The van der Waals surface area contributed by atoms with Gasteiger partial charge >= 0.3 is 0 Å². The molecule has 7 heteroatoms. The second kappa shape index (κ2) is 7.84. The number of amides is 2. The highest BCUT2D eigenvalue weighted by atomic mass is 16.7. The average Bonchev–Trinajstić information content (AvgIpc) is 3.36. The van der Waals surface area contributed by atoms with E-state index in [0.717, 1.165) is 16.2 Å². The number of hydroxylamine groups is 1. The minimum atomic E-state index is -0.939. The molecule has 0 aliphatic carbocycles. The fourth-order valence-electron chi connectivity index (χ4n) is 4.29. The van der Waals surface area contributed by atoms with Crippen molar-refractivity contribution >= 4 is 23.2 Å². The summed E-state index contributed by atoms with van der Waals surface area (Å²) in [6.45, 7) is 0. The van der Waals surface area contributed by atoms with Gasteiger partial charge in [0.15, 0.2) is 6.10 Å². The Labute approximate surface area is 185 Å². The summed E-state index contributed by atoms with van der Waals surface area (Å²) in [6.07, 6.45) is -0.939. The van der Waals surface area contributed by atoms with Crippen molar-refractivity contribution in [2.24, 2.45) is 5.92 Å². The maximum absolute atomic E-state index is 13.5. The van der Waals surface area contributed by atoms with Crippen LogP contribution in [0, 0.1) is 17.2 Å². The van der Waals surface area contributed by atoms with Crippen LogP contribution in [0.15, 0.2) is 78.9 Å². The molecule has 2 amide bonds. The number of fused-ring (bicyclic) bond motifs is 1. The van der Waals surface area contributed by atoms with Crippen molar-refractivity contribution in [3.8, 4) is 11.8 Å². The zero-order valence-corrected chi connectivity index (χ0v) is 17.2. The van der Waals surface area contributed by atoms with Crippen LogP contribution in [0.5, 0.6) is 5.75 Å². The largest absolute Gasteiger partial charge is 0.497 e. The van der Waals surface area contributed by atoms with Crippen LogP contribution >= 0.6 is 0 Å². The second-order valence-electron chi connectivity index (χ2n) is 7.60. The Bertz CT molecular complexity index is 1200. The first kappa shape index (κ1) is 19.8. The Morgan fingerprint density at radius 3 is 2.19 bits per heavy atom. The fourth-order valence-corrected chi connectivity index (χ4v) is 4.29. The molecule has 3 aromatic rings. The van der Waals surface area contributed by atoms with Gasteiger partial charge in [0.1, 0.15) is 11.7 Å². The molecule has 0 unspecified atom stereocenters. The highest BCUT2D eigenvalue weighted by Crippen LogP contribution is 2.47. The maximum atomic E-state index is 13.5. The summed E-state index contributed by atoms with van der Waals surface area (Å²) in [5, 5.41) is 10.7. The number of anilines is 2. The molecule has 2 aliphatic heterocycles. The van der Waals surface area contributed by atoms with Gasteiger partial charge in [0.2, 0.25) is 5.91 Å². The number of imide groups is 1. The molecule has 2 fully saturated rings. The van der Waals surface area contributed by atoms with E-state index in [2.05, 4.69) is 0 Å². The molecule has 0 radical (unpaired) electrons. The Hall–Kier alpha value is -4.15. The van der Waals surface area contributed by atoms with Crippen LogP contribution in [-0.2, 0) is 14.4 Å². The first-order chi connectivity index (χ1) is 15.6. The molecule has 0 spiro atoms. The van der Waals surface area contributed by atoms with Crippen LogP contribution in [0.4, 0.5) is 11.4 Å². The lowest BCUT2D eigenvalue weighted by Gasteiger charge is -2.28. The zero-order chi connectivity index (χ0) is 22.2. The predicted molar refractivity (Wildman–Crippen MR) is 117 cm³/mol. The third kappa shape index (κ3) is 3.09. The van der Waals surface area contributed by atoms with E-state index in [9.17, 15) is 9.59 Å². The van der Waals surface area contributed by atoms with Crippen molar-refractivity contribution in [1.82, 2.24) is 0 Å². The first-order valence-corrected chi connectivity index (χ1v) is 10.2. The Balaban J connectivity index is 1.56. The van der Waals surface area contributed by atoms with E-state index in [4.69, 9.17) is 14.8 Å². The lowest BCUT2D eigenvalue weighted by molar-refractivity contribution is -0.126. The lowest BCUT2D eigenvalue weighted by atomic mass is 9.90. The summed E-state index contributed by atoms with van der Waals surface area (Å²) in [4.78, 5) is 34.1. The number of carbonyl (C=O) groups is 2. The molecule has 32 heavy (non-hydrogen) atoms. The predicted octanol–water partition coefficient (Wildman–Crippen LogP) is 3.62. The molecule has 0 N–H and O–H groups in total. The quantitative estimate of drug-likeness (QED) is 0.594. The van der Waals surface area contributed by atoms with Crippen LogP contribution in [0.25, 0.3) is 0 Å². The molecular formula is C25H19N3O4. The monoisotopic (exact) mass is 425 g/mol. The third-order valence-electron chi connectivity index (χ3n) is 5.84. The van der Waals surface area contributed by atoms with Gasteiger partial charge in [-0.1, -0.05) is 30.3 Å². The first-order valence-electron chi connectivity index (χ1n) is 10.2. The van der Waals surface area contributed by atoms with Crippen molar-refractivity contribution in [3.05, 3.63) is 90.0 Å². The second-order valence-corrected chi connectivity index (χ2v) is 7.60. The Kier molecular flexibility index (Phi) is 4.85. The van der Waals surface area contributed by atoms with Crippen LogP contribution in [0.2, 0.25) is 0 Å². The van der Waals surface area contributed by atoms with E-state index in [0.29, 0.717) is 17.0 Å². The molecule has 5 rings (SSSR count). The molecule has 0 saturated carbocycles. The standard InChI is InChI=1S/C25H19N3O4/c1-31-20-13-9-17(10-14-20)22-21-23(32-28(22)19-5-3-2-4-6-19)25(30)27(24(21)29)18-11-7-16(15-26)8-12-18/h2-14,21-23H,1H3/t21-,22+,23+/m1/s1. The molecular weight excluding hydrogens is 406 g/mol. The van der Waals surface area contributed by atoms with E-state index in [1.54, 1.807) is 36.4 Å². The molecule has 7 nitrogen and oxygen atoms in total. The van der Waals surface area contributed by atoms with E-state index < -0.39 is 24.0 Å². The number of methoxy groups -OCH3 is 1. The number of nitrogens with zero attached hydrogens (tertiary/aromatic N) is 3. The van der Waals surface area contributed by atoms with Gasteiger partial charge in [-0.25, -0.2) is 9.96 Å². The van der Waals surface area contributed by atoms with E-state index in [1.807, 2.05) is 60.7 Å². The van der Waals surface area contributed by atoms with Gasteiger partial charge in [0.05, 0.1) is 36.2 Å². The number of para-hydroxylation sites is 1. The van der Waals surface area contributed by atoms with E-state index in [1.165, 1.54) is 0 Å². The van der Waals surface area contributed by atoms with Gasteiger partial charge in [-0.15, -0.1) is 0 Å². The highest BCUT2D eigenvalue weighted by molar-refractivity contribution is 6.23. The number of benzene rings is 3. The topological polar surface area (TPSA) is 82.9 Å². The smallest absolute Gasteiger partial charge is 0.266 e. The summed E-state index contributed by atoms with van der Waals surface area (Å²) in [7, 11) is 1.59. The molecule has 2 heterocycles. The zero-order valence-electron chi connectivity index (χ0n) is 17.2. The summed E-state index contributed by atoms with van der Waals surface area (Å²) in [5.41, 5.74) is 2.48. The van der Waals surface area contributed by atoms with Gasteiger partial charge in [-0.05, 0) is 54.1 Å². The van der Waals surface area contributed by atoms with Crippen molar-refractivity contribution < 1.29 is 19.2 Å². The molecule has 2 aliphatic rings. The van der Waals surface area contributed by atoms with Crippen molar-refractivity contribution in [2.75, 3.05) is 17.1 Å². The van der Waals surface area contributed by atoms with Crippen LogP contribution in [-0.4, -0.2) is 25.0 Å². The molecule has 3 aromatic carbocycles. The molecule has 0 aromatic heterocycles. The molecule has 2 saturated heterocycles. The van der Waals surface area contributed by atoms with Crippen molar-refractivity contribution in [1.29, 1.82) is 5.26 Å². The average molecular weight is 425 g/mol. The maximum Gasteiger partial charge on any atom is 0.266 e. The van der Waals surface area contributed by atoms with Gasteiger partial charge in [0, 0.05) is 0 Å². The van der Waals surface area contributed by atoms with Crippen LogP contribution in [0.3, 0.4) is 0 Å². The highest BCUT2D eigenvalue weighted by Gasteiger charge is 2.60. The Morgan fingerprint density at radius 2 is 1.56 bits per heavy atom. The number of hydrogen-bond donors (Lipinski definition) is 0. The number of carbonyl (C=O) groups excluding carboxylic acids is 2. The van der Waals surface area contributed by atoms with E-state index in [-0.39, 0.29) is 5.91 Å². The molecule has 3 atom stereocenters. The van der Waals surface area contributed by atoms with Gasteiger partial charge in [-0.2, -0.15) is 5.26 Å². The number of nitriles is 1. The number of ether oxygens (including phenoxy) is 1. The minimum absolute atomic E-state index is 0.330. The SMILES string of the molecule is COc1ccc([C@H]2[C@H]3C(=O)N(c4ccc(C#N)cc4)C(=O)[C@H]3ON2c2ccccc2)cc1. The van der Waals surface area contributed by atoms with Gasteiger partial charge in [0.25, 0.3) is 5.91 Å². The Morgan fingerprint density at radius 1 is 0.875 bits per heavy atom.